The molecule has 0 aromatic rings. The molecule has 0 saturated carbocycles. The summed E-state index contributed by atoms with van der Waals surface area (Å²) in [5.41, 5.74) is 0. The van der Waals surface area contributed by atoms with E-state index in [1.165, 1.54) is 0 Å². The third kappa shape index (κ3) is 12.1. The van der Waals surface area contributed by atoms with E-state index in [0.717, 1.165) is 6.26 Å². The van der Waals surface area contributed by atoms with Crippen LogP contribution in [0.3, 0.4) is 0 Å². The summed E-state index contributed by atoms with van der Waals surface area (Å²) in [6, 6.07) is 0.128. The van der Waals surface area contributed by atoms with E-state index in [0.29, 0.717) is 13.2 Å². The molecule has 0 spiro atoms. The van der Waals surface area contributed by atoms with E-state index in [2.05, 4.69) is 4.18 Å². The Kier molecular flexibility index (Phi) is 7.59. The standard InChI is InChI=1S/C6H13ClO5S/c1-13(8,9)12-5-4-10-2-3-11-6-7/h2-6H2,1H3. The van der Waals surface area contributed by atoms with E-state index in [4.69, 9.17) is 21.1 Å². The van der Waals surface area contributed by atoms with Gasteiger partial charge in [-0.05, 0) is 0 Å². The molecule has 0 aromatic carbocycles. The summed E-state index contributed by atoms with van der Waals surface area (Å²) in [4.78, 5) is 0. The Morgan fingerprint density at radius 3 is 2.15 bits per heavy atom. The van der Waals surface area contributed by atoms with Gasteiger partial charge in [0, 0.05) is 0 Å². The molecule has 0 N–H and O–H groups in total. The van der Waals surface area contributed by atoms with Crippen LogP contribution < -0.4 is 0 Å². The molecule has 0 rings (SSSR count). The zero-order valence-electron chi connectivity index (χ0n) is 7.36. The Morgan fingerprint density at radius 2 is 1.62 bits per heavy atom. The highest BCUT2D eigenvalue weighted by Crippen LogP contribution is 1.87. The zero-order valence-corrected chi connectivity index (χ0v) is 8.94. The molecule has 0 unspecified atom stereocenters. The van der Waals surface area contributed by atoms with Gasteiger partial charge in [-0.25, -0.2) is 0 Å². The Hall–Kier alpha value is 0.120. The molecule has 0 atom stereocenters. The molecule has 0 saturated heterocycles. The second-order valence-corrected chi connectivity index (χ2v) is 4.02. The molecule has 13 heavy (non-hydrogen) atoms. The van der Waals surface area contributed by atoms with Gasteiger partial charge >= 0.3 is 0 Å². The molecule has 0 aromatic heterocycles. The lowest BCUT2D eigenvalue weighted by Gasteiger charge is -2.03. The quantitative estimate of drug-likeness (QED) is 0.340. The van der Waals surface area contributed by atoms with Gasteiger partial charge in [0.2, 0.25) is 0 Å². The van der Waals surface area contributed by atoms with Crippen molar-refractivity contribution < 1.29 is 22.1 Å². The summed E-state index contributed by atoms with van der Waals surface area (Å²) < 4.78 is 35.0. The number of ether oxygens (including phenoxy) is 2. The van der Waals surface area contributed by atoms with E-state index >= 15 is 0 Å². The molecule has 0 radical (unpaired) electrons. The summed E-state index contributed by atoms with van der Waals surface area (Å²) in [5.74, 6) is 0. The highest BCUT2D eigenvalue weighted by molar-refractivity contribution is 7.85. The summed E-state index contributed by atoms with van der Waals surface area (Å²) in [5, 5.41) is 0. The maximum atomic E-state index is 10.4. The van der Waals surface area contributed by atoms with Crippen LogP contribution in [0, 0.1) is 0 Å². The fourth-order valence-corrected chi connectivity index (χ4v) is 0.999. The van der Waals surface area contributed by atoms with E-state index in [1.807, 2.05) is 0 Å². The SMILES string of the molecule is CS(=O)(=O)OCCOCCOCCl. The summed E-state index contributed by atoms with van der Waals surface area (Å²) in [6.07, 6.45) is 0.990. The lowest BCUT2D eigenvalue weighted by Crippen LogP contribution is -2.11. The van der Waals surface area contributed by atoms with Crippen LogP contribution in [0.25, 0.3) is 0 Å². The van der Waals surface area contributed by atoms with Crippen LogP contribution in [0.4, 0.5) is 0 Å². The first-order valence-electron chi connectivity index (χ1n) is 3.62. The molecular weight excluding hydrogens is 220 g/mol. The van der Waals surface area contributed by atoms with Gasteiger partial charge in [-0.1, -0.05) is 11.6 Å². The number of alkyl halides is 1. The molecule has 80 valence electrons. The van der Waals surface area contributed by atoms with E-state index in [1.54, 1.807) is 0 Å². The Labute approximate surface area is 83.0 Å². The largest absolute Gasteiger partial charge is 0.377 e. The van der Waals surface area contributed by atoms with Gasteiger partial charge in [-0.3, -0.25) is 4.18 Å². The van der Waals surface area contributed by atoms with Crippen molar-refractivity contribution in [2.45, 2.75) is 0 Å². The van der Waals surface area contributed by atoms with Crippen LogP contribution in [0.2, 0.25) is 0 Å². The average Bonchev–Trinajstić information content (AvgIpc) is 2.01. The van der Waals surface area contributed by atoms with Crippen molar-refractivity contribution >= 4 is 21.7 Å². The molecule has 0 aliphatic rings. The van der Waals surface area contributed by atoms with Crippen molar-refractivity contribution in [3.8, 4) is 0 Å². The number of rotatable bonds is 8. The first-order valence-corrected chi connectivity index (χ1v) is 5.97. The molecule has 0 bridgehead atoms. The normalized spacial score (nSPS) is 11.8. The average molecular weight is 233 g/mol. The monoisotopic (exact) mass is 232 g/mol. The topological polar surface area (TPSA) is 61.8 Å². The molecule has 0 amide bonds. The second-order valence-electron chi connectivity index (χ2n) is 2.16. The van der Waals surface area contributed by atoms with Crippen molar-refractivity contribution in [1.82, 2.24) is 0 Å². The third-order valence-electron chi connectivity index (χ3n) is 0.974. The molecule has 0 aliphatic heterocycles. The maximum Gasteiger partial charge on any atom is 0.264 e. The van der Waals surface area contributed by atoms with Gasteiger partial charge in [-0.2, -0.15) is 8.42 Å². The van der Waals surface area contributed by atoms with E-state index in [-0.39, 0.29) is 19.3 Å². The van der Waals surface area contributed by atoms with Gasteiger partial charge in [0.15, 0.2) is 0 Å². The zero-order chi connectivity index (χ0) is 10.2. The first-order chi connectivity index (χ1) is 6.06. The van der Waals surface area contributed by atoms with Crippen LogP contribution in [-0.2, 0) is 23.8 Å². The summed E-state index contributed by atoms with van der Waals surface area (Å²) in [6.45, 7) is 1.01. The molecule has 5 nitrogen and oxygen atoms in total. The second kappa shape index (κ2) is 7.52. The van der Waals surface area contributed by atoms with Crippen molar-refractivity contribution in [3.05, 3.63) is 0 Å². The Morgan fingerprint density at radius 1 is 1.08 bits per heavy atom. The molecule has 0 aliphatic carbocycles. The van der Waals surface area contributed by atoms with E-state index < -0.39 is 10.1 Å². The van der Waals surface area contributed by atoms with Crippen molar-refractivity contribution in [1.29, 1.82) is 0 Å². The van der Waals surface area contributed by atoms with E-state index in [9.17, 15) is 8.42 Å². The van der Waals surface area contributed by atoms with Crippen molar-refractivity contribution in [2.75, 3.05) is 38.7 Å². The smallest absolute Gasteiger partial charge is 0.264 e. The highest BCUT2D eigenvalue weighted by Gasteiger charge is 1.99. The van der Waals surface area contributed by atoms with Crippen LogP contribution in [0.1, 0.15) is 0 Å². The minimum atomic E-state index is -3.35. The fraction of sp³-hybridized carbons (Fsp3) is 1.00. The van der Waals surface area contributed by atoms with Crippen molar-refractivity contribution in [3.63, 3.8) is 0 Å². The van der Waals surface area contributed by atoms with Gasteiger partial charge in [0.25, 0.3) is 10.1 Å². The minimum absolute atomic E-state index is 0.0275. The Balaban J connectivity index is 3.09. The highest BCUT2D eigenvalue weighted by atomic mass is 35.5. The van der Waals surface area contributed by atoms with Gasteiger partial charge in [-0.15, -0.1) is 0 Å². The first kappa shape index (κ1) is 13.1. The molecule has 0 fully saturated rings. The number of halogens is 1. The maximum absolute atomic E-state index is 10.4. The van der Waals surface area contributed by atoms with Crippen LogP contribution in [0.15, 0.2) is 0 Å². The Bertz CT molecular complexity index is 203. The molecule has 0 heterocycles. The lowest BCUT2D eigenvalue weighted by molar-refractivity contribution is 0.0506. The lowest BCUT2D eigenvalue weighted by atomic mass is 10.7. The van der Waals surface area contributed by atoms with Gasteiger partial charge in [0.05, 0.1) is 32.7 Å². The van der Waals surface area contributed by atoms with Crippen molar-refractivity contribution in [2.24, 2.45) is 0 Å². The number of hydrogen-bond acceptors (Lipinski definition) is 5. The fourth-order valence-electron chi connectivity index (χ4n) is 0.519. The third-order valence-corrected chi connectivity index (χ3v) is 1.72. The van der Waals surface area contributed by atoms with Crippen LogP contribution >= 0.6 is 11.6 Å². The predicted molar refractivity (Wildman–Crippen MR) is 48.3 cm³/mol. The van der Waals surface area contributed by atoms with Gasteiger partial charge < -0.3 is 9.47 Å². The summed E-state index contributed by atoms with van der Waals surface area (Å²) in [7, 11) is -3.35. The van der Waals surface area contributed by atoms with Gasteiger partial charge in [0.1, 0.15) is 6.07 Å². The minimum Gasteiger partial charge on any atom is -0.377 e. The van der Waals surface area contributed by atoms with Crippen LogP contribution in [0.5, 0.6) is 0 Å². The molecule has 7 heteroatoms. The predicted octanol–water partition coefficient (Wildman–Crippen LogP) is 0.192. The number of hydrogen-bond donors (Lipinski definition) is 0. The van der Waals surface area contributed by atoms with Crippen LogP contribution in [-0.4, -0.2) is 47.2 Å². The summed E-state index contributed by atoms with van der Waals surface area (Å²) >= 11 is 5.22. The molecular formula is C6H13ClO5S.